The Morgan fingerprint density at radius 3 is 2.48 bits per heavy atom. The Hall–Kier alpha value is -0.830. The maximum atomic E-state index is 6.02. The third-order valence-electron chi connectivity index (χ3n) is 4.39. The number of hydrogen-bond acceptors (Lipinski definition) is 1. The van der Waals surface area contributed by atoms with Crippen LogP contribution >= 0.6 is 27.5 Å². The zero-order valence-corrected chi connectivity index (χ0v) is 14.4. The highest BCUT2D eigenvalue weighted by Crippen LogP contribution is 2.38. The van der Waals surface area contributed by atoms with Crippen molar-refractivity contribution < 1.29 is 0 Å². The van der Waals surface area contributed by atoms with Crippen LogP contribution in [0.2, 0.25) is 5.02 Å². The molecule has 2 atom stereocenters. The first-order chi connectivity index (χ1) is 10.1. The lowest BCUT2D eigenvalue weighted by Crippen LogP contribution is -2.34. The van der Waals surface area contributed by atoms with E-state index in [1.54, 1.807) is 0 Å². The van der Waals surface area contributed by atoms with Crippen LogP contribution in [0.1, 0.15) is 34.9 Å². The number of hydrogen-bond donors (Lipinski definition) is 1. The molecular formula is C18H19BrClN. The summed E-state index contributed by atoms with van der Waals surface area (Å²) in [5, 5.41) is 4.34. The van der Waals surface area contributed by atoms with Crippen LogP contribution in [0, 0.1) is 6.92 Å². The van der Waals surface area contributed by atoms with E-state index in [-0.39, 0.29) is 0 Å². The molecule has 0 aliphatic carbocycles. The SMILES string of the molecule is Cc1cc(C2CCNCC2c2ccc(Cl)cc2)ccc1Br. The number of piperidine rings is 1. The van der Waals surface area contributed by atoms with Gasteiger partial charge in [-0.3, -0.25) is 0 Å². The van der Waals surface area contributed by atoms with Crippen LogP contribution in [0.3, 0.4) is 0 Å². The highest BCUT2D eigenvalue weighted by Gasteiger charge is 2.27. The fourth-order valence-corrected chi connectivity index (χ4v) is 3.59. The summed E-state index contributed by atoms with van der Waals surface area (Å²) >= 11 is 9.62. The summed E-state index contributed by atoms with van der Waals surface area (Å²) in [7, 11) is 0. The summed E-state index contributed by atoms with van der Waals surface area (Å²) in [4.78, 5) is 0. The molecule has 0 aromatic heterocycles. The molecule has 21 heavy (non-hydrogen) atoms. The Kier molecular flexibility index (Phi) is 4.68. The standard InChI is InChI=1S/C18H19BrClN/c1-12-10-14(4-7-18(12)19)16-8-9-21-11-17(16)13-2-5-15(20)6-3-13/h2-7,10,16-17,21H,8-9,11H2,1H3. The molecule has 1 heterocycles. The Bertz CT molecular complexity index is 624. The van der Waals surface area contributed by atoms with E-state index in [4.69, 9.17) is 11.6 Å². The molecule has 0 radical (unpaired) electrons. The van der Waals surface area contributed by atoms with Gasteiger partial charge in [0, 0.05) is 22.0 Å². The zero-order valence-electron chi connectivity index (χ0n) is 12.1. The van der Waals surface area contributed by atoms with Crippen LogP contribution in [0.5, 0.6) is 0 Å². The normalized spacial score (nSPS) is 22.2. The summed E-state index contributed by atoms with van der Waals surface area (Å²) in [6.45, 7) is 4.28. The molecule has 1 nitrogen and oxygen atoms in total. The summed E-state index contributed by atoms with van der Waals surface area (Å²) in [6.07, 6.45) is 1.17. The lowest BCUT2D eigenvalue weighted by atomic mass is 9.77. The van der Waals surface area contributed by atoms with Crippen molar-refractivity contribution in [3.63, 3.8) is 0 Å². The molecule has 3 rings (SSSR count). The third kappa shape index (κ3) is 3.33. The van der Waals surface area contributed by atoms with Gasteiger partial charge in [0.2, 0.25) is 0 Å². The lowest BCUT2D eigenvalue weighted by molar-refractivity contribution is 0.404. The van der Waals surface area contributed by atoms with Gasteiger partial charge in [-0.25, -0.2) is 0 Å². The topological polar surface area (TPSA) is 12.0 Å². The average molecular weight is 365 g/mol. The van der Waals surface area contributed by atoms with E-state index in [1.165, 1.54) is 27.6 Å². The molecule has 1 aliphatic rings. The quantitative estimate of drug-likeness (QED) is 0.765. The minimum atomic E-state index is 0.511. The van der Waals surface area contributed by atoms with Gasteiger partial charge in [-0.15, -0.1) is 0 Å². The van der Waals surface area contributed by atoms with Crippen LogP contribution in [-0.4, -0.2) is 13.1 Å². The molecule has 0 spiro atoms. The van der Waals surface area contributed by atoms with Crippen LogP contribution < -0.4 is 5.32 Å². The molecule has 2 unspecified atom stereocenters. The lowest BCUT2D eigenvalue weighted by Gasteiger charge is -2.33. The largest absolute Gasteiger partial charge is 0.316 e. The second-order valence-electron chi connectivity index (χ2n) is 5.77. The first-order valence-corrected chi connectivity index (χ1v) is 8.54. The predicted molar refractivity (Wildman–Crippen MR) is 93.3 cm³/mol. The van der Waals surface area contributed by atoms with E-state index in [0.717, 1.165) is 18.1 Å². The van der Waals surface area contributed by atoms with Crippen molar-refractivity contribution in [2.45, 2.75) is 25.2 Å². The minimum absolute atomic E-state index is 0.511. The second kappa shape index (κ2) is 6.51. The van der Waals surface area contributed by atoms with Gasteiger partial charge in [-0.2, -0.15) is 0 Å². The van der Waals surface area contributed by atoms with Gasteiger partial charge in [0.1, 0.15) is 0 Å². The molecular weight excluding hydrogens is 346 g/mol. The molecule has 3 heteroatoms. The number of rotatable bonds is 2. The van der Waals surface area contributed by atoms with E-state index in [1.807, 2.05) is 12.1 Å². The Labute approximate surface area is 139 Å². The molecule has 1 fully saturated rings. The Morgan fingerprint density at radius 1 is 1.05 bits per heavy atom. The first-order valence-electron chi connectivity index (χ1n) is 7.37. The van der Waals surface area contributed by atoms with E-state index in [0.29, 0.717) is 11.8 Å². The van der Waals surface area contributed by atoms with Crippen LogP contribution in [-0.2, 0) is 0 Å². The molecule has 0 amide bonds. The van der Waals surface area contributed by atoms with Crippen molar-refractivity contribution >= 4 is 27.5 Å². The molecule has 0 bridgehead atoms. The Balaban J connectivity index is 1.94. The molecule has 2 aromatic carbocycles. The van der Waals surface area contributed by atoms with Gasteiger partial charge in [-0.05, 0) is 60.7 Å². The molecule has 0 saturated carbocycles. The van der Waals surface area contributed by atoms with Crippen LogP contribution in [0.4, 0.5) is 0 Å². The van der Waals surface area contributed by atoms with Crippen molar-refractivity contribution in [3.05, 3.63) is 68.7 Å². The summed E-state index contributed by atoms with van der Waals surface area (Å²) in [6, 6.07) is 15.1. The third-order valence-corrected chi connectivity index (χ3v) is 5.53. The highest BCUT2D eigenvalue weighted by molar-refractivity contribution is 9.10. The van der Waals surface area contributed by atoms with Gasteiger partial charge in [0.15, 0.2) is 0 Å². The maximum Gasteiger partial charge on any atom is 0.0406 e. The Morgan fingerprint density at radius 2 is 1.76 bits per heavy atom. The molecule has 1 N–H and O–H groups in total. The molecule has 110 valence electrons. The highest BCUT2D eigenvalue weighted by atomic mass is 79.9. The average Bonchev–Trinajstić information content (AvgIpc) is 2.51. The van der Waals surface area contributed by atoms with Crippen LogP contribution in [0.15, 0.2) is 46.9 Å². The number of benzene rings is 2. The molecule has 2 aromatic rings. The van der Waals surface area contributed by atoms with Gasteiger partial charge >= 0.3 is 0 Å². The zero-order chi connectivity index (χ0) is 14.8. The van der Waals surface area contributed by atoms with Gasteiger partial charge in [0.25, 0.3) is 0 Å². The van der Waals surface area contributed by atoms with Crippen LogP contribution in [0.25, 0.3) is 0 Å². The van der Waals surface area contributed by atoms with E-state index in [2.05, 4.69) is 58.5 Å². The second-order valence-corrected chi connectivity index (χ2v) is 7.06. The summed E-state index contributed by atoms with van der Waals surface area (Å²) in [5.41, 5.74) is 4.12. The fraction of sp³-hybridized carbons (Fsp3) is 0.333. The fourth-order valence-electron chi connectivity index (χ4n) is 3.22. The van der Waals surface area contributed by atoms with Gasteiger partial charge in [0.05, 0.1) is 0 Å². The van der Waals surface area contributed by atoms with Gasteiger partial charge in [-0.1, -0.05) is 51.8 Å². The smallest absolute Gasteiger partial charge is 0.0406 e. The van der Waals surface area contributed by atoms with E-state index in [9.17, 15) is 0 Å². The van der Waals surface area contributed by atoms with E-state index >= 15 is 0 Å². The molecule has 1 saturated heterocycles. The maximum absolute atomic E-state index is 6.02. The van der Waals surface area contributed by atoms with E-state index < -0.39 is 0 Å². The predicted octanol–water partition coefficient (Wildman–Crippen LogP) is 5.27. The summed E-state index contributed by atoms with van der Waals surface area (Å²) in [5.74, 6) is 1.08. The van der Waals surface area contributed by atoms with Crippen molar-refractivity contribution in [2.75, 3.05) is 13.1 Å². The minimum Gasteiger partial charge on any atom is -0.316 e. The number of aryl methyl sites for hydroxylation is 1. The van der Waals surface area contributed by atoms with Crippen molar-refractivity contribution in [1.29, 1.82) is 0 Å². The molecule has 1 aliphatic heterocycles. The summed E-state index contributed by atoms with van der Waals surface area (Å²) < 4.78 is 1.18. The first kappa shape index (κ1) is 15.1. The van der Waals surface area contributed by atoms with Crippen molar-refractivity contribution in [3.8, 4) is 0 Å². The number of nitrogens with one attached hydrogen (secondary N) is 1. The van der Waals surface area contributed by atoms with Crippen molar-refractivity contribution in [1.82, 2.24) is 5.32 Å². The van der Waals surface area contributed by atoms with Crippen molar-refractivity contribution in [2.24, 2.45) is 0 Å². The van der Waals surface area contributed by atoms with Gasteiger partial charge < -0.3 is 5.32 Å². The number of halogens is 2. The monoisotopic (exact) mass is 363 g/mol.